The molecule has 50 valence electrons. The molecule has 1 rings (SSSR count). The van der Waals surface area contributed by atoms with E-state index in [4.69, 9.17) is 0 Å². The van der Waals surface area contributed by atoms with Crippen molar-refractivity contribution in [2.45, 2.75) is 19.9 Å². The zero-order chi connectivity index (χ0) is 6.69. The fourth-order valence-corrected chi connectivity index (χ4v) is 0.566. The highest BCUT2D eigenvalue weighted by Crippen LogP contribution is 1.80. The Morgan fingerprint density at radius 1 is 1.33 bits per heavy atom. The smallest absolute Gasteiger partial charge is 0.138 e. The lowest BCUT2D eigenvalue weighted by Gasteiger charge is -2.07. The molecule has 0 aliphatic rings. The van der Waals surface area contributed by atoms with Crippen LogP contribution in [0.5, 0.6) is 0 Å². The molecule has 1 heterocycles. The van der Waals surface area contributed by atoms with Crippen molar-refractivity contribution in [1.29, 1.82) is 0 Å². The monoisotopic (exact) mass is 126 g/mol. The number of rotatable bonds is 2. The minimum atomic E-state index is 0.418. The Labute approximate surface area is 53.9 Å². The van der Waals surface area contributed by atoms with Crippen molar-refractivity contribution < 1.29 is 0 Å². The molecule has 1 aromatic heterocycles. The second-order valence-corrected chi connectivity index (χ2v) is 2.15. The lowest BCUT2D eigenvalue weighted by molar-refractivity contribution is 0.734. The topological polar surface area (TPSA) is 42.7 Å². The summed E-state index contributed by atoms with van der Waals surface area (Å²) in [6.07, 6.45) is 3.25. The van der Waals surface area contributed by atoms with E-state index < -0.39 is 0 Å². The van der Waals surface area contributed by atoms with E-state index in [9.17, 15) is 0 Å². The largest absolute Gasteiger partial charge is 0.321 e. The Kier molecular flexibility index (Phi) is 1.67. The van der Waals surface area contributed by atoms with Crippen molar-refractivity contribution in [3.8, 4) is 0 Å². The molecular weight excluding hydrogens is 116 g/mol. The highest BCUT2D eigenvalue weighted by atomic mass is 15.5. The van der Waals surface area contributed by atoms with Crippen LogP contribution in [0.15, 0.2) is 12.7 Å². The molecule has 0 aromatic carbocycles. The lowest BCUT2D eigenvalue weighted by atomic mass is 10.4. The van der Waals surface area contributed by atoms with Gasteiger partial charge in [-0.1, -0.05) is 0 Å². The highest BCUT2D eigenvalue weighted by molar-refractivity contribution is 4.74. The zero-order valence-electron chi connectivity index (χ0n) is 5.57. The van der Waals surface area contributed by atoms with E-state index in [-0.39, 0.29) is 0 Å². The first-order valence-electron chi connectivity index (χ1n) is 2.90. The predicted octanol–water partition coefficient (Wildman–Crippen LogP) is 0.230. The summed E-state index contributed by atoms with van der Waals surface area (Å²) in [6, 6.07) is 0.418. The minimum absolute atomic E-state index is 0.418. The van der Waals surface area contributed by atoms with Crippen molar-refractivity contribution in [2.24, 2.45) is 0 Å². The third-order valence-electron chi connectivity index (χ3n) is 0.826. The molecule has 0 saturated heterocycles. The third kappa shape index (κ3) is 1.71. The Hall–Kier alpha value is -1.06. The molecule has 1 N–H and O–H groups in total. The second-order valence-electron chi connectivity index (χ2n) is 2.15. The van der Waals surface area contributed by atoms with Gasteiger partial charge in [0, 0.05) is 6.04 Å². The lowest BCUT2D eigenvalue weighted by Crippen LogP contribution is -2.20. The molecule has 4 nitrogen and oxygen atoms in total. The van der Waals surface area contributed by atoms with Crippen molar-refractivity contribution in [1.82, 2.24) is 14.9 Å². The number of hydrogen-bond donors (Lipinski definition) is 1. The van der Waals surface area contributed by atoms with E-state index in [1.54, 1.807) is 17.3 Å². The van der Waals surface area contributed by atoms with Crippen LogP contribution in [0.2, 0.25) is 0 Å². The van der Waals surface area contributed by atoms with E-state index >= 15 is 0 Å². The molecular formula is C5H10N4. The molecule has 0 fully saturated rings. The van der Waals surface area contributed by atoms with Crippen LogP contribution in [0.25, 0.3) is 0 Å². The molecule has 0 amide bonds. The van der Waals surface area contributed by atoms with Gasteiger partial charge < -0.3 is 5.43 Å². The van der Waals surface area contributed by atoms with Gasteiger partial charge >= 0.3 is 0 Å². The van der Waals surface area contributed by atoms with Gasteiger partial charge in [0.25, 0.3) is 0 Å². The number of hydrogen-bond acceptors (Lipinski definition) is 3. The van der Waals surface area contributed by atoms with E-state index in [0.717, 1.165) is 0 Å². The molecule has 0 aliphatic carbocycles. The fourth-order valence-electron chi connectivity index (χ4n) is 0.566. The van der Waals surface area contributed by atoms with Crippen molar-refractivity contribution >= 4 is 0 Å². The number of nitrogens with zero attached hydrogens (tertiary/aromatic N) is 3. The average Bonchev–Trinajstić information content (AvgIpc) is 2.15. The molecule has 0 atom stereocenters. The van der Waals surface area contributed by atoms with Gasteiger partial charge in [-0.15, -0.1) is 10.2 Å². The normalized spacial score (nSPS) is 10.1. The SMILES string of the molecule is CC(C)Nn1cnnc1. The van der Waals surface area contributed by atoms with E-state index in [1.165, 1.54) is 0 Å². The van der Waals surface area contributed by atoms with Gasteiger partial charge in [0.15, 0.2) is 0 Å². The summed E-state index contributed by atoms with van der Waals surface area (Å²) < 4.78 is 1.73. The standard InChI is InChI=1S/C5H10N4/c1-5(2)8-9-3-6-7-4-9/h3-5,8H,1-2H3. The molecule has 0 spiro atoms. The molecule has 4 heteroatoms. The van der Waals surface area contributed by atoms with Gasteiger partial charge in [-0.25, -0.2) is 4.68 Å². The van der Waals surface area contributed by atoms with Crippen molar-refractivity contribution in [3.63, 3.8) is 0 Å². The maximum absolute atomic E-state index is 3.63. The summed E-state index contributed by atoms with van der Waals surface area (Å²) in [4.78, 5) is 0. The maximum Gasteiger partial charge on any atom is 0.138 e. The first-order chi connectivity index (χ1) is 4.29. The molecule has 0 bridgehead atoms. The van der Waals surface area contributed by atoms with Crippen molar-refractivity contribution in [3.05, 3.63) is 12.7 Å². The highest BCUT2D eigenvalue weighted by Gasteiger charge is 1.89. The van der Waals surface area contributed by atoms with Crippen LogP contribution < -0.4 is 5.43 Å². The van der Waals surface area contributed by atoms with Crippen LogP contribution in [0.4, 0.5) is 0 Å². The Morgan fingerprint density at radius 2 is 1.89 bits per heavy atom. The molecule has 0 radical (unpaired) electrons. The Bertz CT molecular complexity index is 155. The van der Waals surface area contributed by atoms with Gasteiger partial charge in [0.2, 0.25) is 0 Å². The van der Waals surface area contributed by atoms with Crippen LogP contribution in [0, 0.1) is 0 Å². The average molecular weight is 126 g/mol. The molecule has 0 unspecified atom stereocenters. The van der Waals surface area contributed by atoms with Gasteiger partial charge in [0.1, 0.15) is 12.7 Å². The first-order valence-corrected chi connectivity index (χ1v) is 2.90. The predicted molar refractivity (Wildman–Crippen MR) is 34.5 cm³/mol. The van der Waals surface area contributed by atoms with Gasteiger partial charge in [0.05, 0.1) is 0 Å². The van der Waals surface area contributed by atoms with E-state index in [2.05, 4.69) is 29.5 Å². The van der Waals surface area contributed by atoms with Crippen LogP contribution in [0.1, 0.15) is 13.8 Å². The number of aromatic nitrogens is 3. The van der Waals surface area contributed by atoms with E-state index in [0.29, 0.717) is 6.04 Å². The summed E-state index contributed by atoms with van der Waals surface area (Å²) in [5.74, 6) is 0. The second kappa shape index (κ2) is 2.48. The van der Waals surface area contributed by atoms with Gasteiger partial charge in [-0.2, -0.15) is 0 Å². The minimum Gasteiger partial charge on any atom is -0.321 e. The number of nitrogens with one attached hydrogen (secondary N) is 1. The molecule has 0 saturated carbocycles. The van der Waals surface area contributed by atoms with Crippen LogP contribution >= 0.6 is 0 Å². The molecule has 1 aromatic rings. The summed E-state index contributed by atoms with van der Waals surface area (Å²) in [6.45, 7) is 4.11. The zero-order valence-corrected chi connectivity index (χ0v) is 5.57. The van der Waals surface area contributed by atoms with Gasteiger partial charge in [-0.05, 0) is 13.8 Å². The Balaban J connectivity index is 2.48. The third-order valence-corrected chi connectivity index (χ3v) is 0.826. The van der Waals surface area contributed by atoms with Crippen LogP contribution in [0.3, 0.4) is 0 Å². The van der Waals surface area contributed by atoms with E-state index in [1.807, 2.05) is 0 Å². The molecule has 0 aliphatic heterocycles. The summed E-state index contributed by atoms with van der Waals surface area (Å²) in [7, 11) is 0. The maximum atomic E-state index is 3.63. The first kappa shape index (κ1) is 6.07. The Morgan fingerprint density at radius 3 is 2.33 bits per heavy atom. The van der Waals surface area contributed by atoms with Crippen LogP contribution in [-0.4, -0.2) is 20.9 Å². The van der Waals surface area contributed by atoms with Crippen molar-refractivity contribution in [2.75, 3.05) is 5.43 Å². The van der Waals surface area contributed by atoms with Gasteiger partial charge in [-0.3, -0.25) is 0 Å². The quantitative estimate of drug-likeness (QED) is 0.616. The molecule has 9 heavy (non-hydrogen) atoms. The van der Waals surface area contributed by atoms with Crippen LogP contribution in [-0.2, 0) is 0 Å². The summed E-state index contributed by atoms with van der Waals surface area (Å²) in [5.41, 5.74) is 3.08. The summed E-state index contributed by atoms with van der Waals surface area (Å²) in [5, 5.41) is 7.25. The fraction of sp³-hybridized carbons (Fsp3) is 0.600. The summed E-state index contributed by atoms with van der Waals surface area (Å²) >= 11 is 0.